The minimum Gasteiger partial charge on any atom is -0.468 e. The molecule has 0 atom stereocenters. The Hall–Kier alpha value is -0.700. The molecule has 0 spiro atoms. The maximum Gasteiger partial charge on any atom is 0.148 e. The van der Waals surface area contributed by atoms with E-state index in [9.17, 15) is 4.79 Å². The largest absolute Gasteiger partial charge is 0.468 e. The molecule has 2 nitrogen and oxygen atoms in total. The predicted octanol–water partition coefficient (Wildman–Crippen LogP) is 3.44. The second-order valence-corrected chi connectivity index (χ2v) is 5.68. The minimum absolute atomic E-state index is 0.231. The van der Waals surface area contributed by atoms with Gasteiger partial charge < -0.3 is 4.42 Å². The summed E-state index contributed by atoms with van der Waals surface area (Å²) < 4.78 is 5.30. The number of hydrogen-bond acceptors (Lipinski definition) is 3. The highest BCUT2D eigenvalue weighted by molar-refractivity contribution is 7.99. The van der Waals surface area contributed by atoms with Crippen LogP contribution in [-0.4, -0.2) is 11.5 Å². The fourth-order valence-corrected chi connectivity index (χ4v) is 2.21. The summed E-state index contributed by atoms with van der Waals surface area (Å²) >= 11 is 1.62. The molecule has 0 aromatic carbocycles. The second kappa shape index (κ2) is 4.88. The molecule has 0 aliphatic carbocycles. The van der Waals surface area contributed by atoms with Gasteiger partial charge in [-0.15, -0.1) is 11.8 Å². The van der Waals surface area contributed by atoms with Crippen LogP contribution in [0.15, 0.2) is 16.7 Å². The molecule has 1 heterocycles. The standard InChI is InChI=1S/C12H18O2S/c1-9-5-6-14-10(9)7-15-8-11(13)12(2,3)4/h5-6H,7-8H2,1-4H3. The highest BCUT2D eigenvalue weighted by Gasteiger charge is 2.20. The number of carbonyl (C=O) groups excluding carboxylic acids is 1. The van der Waals surface area contributed by atoms with Crippen LogP contribution in [0.1, 0.15) is 32.1 Å². The van der Waals surface area contributed by atoms with Crippen LogP contribution in [-0.2, 0) is 10.5 Å². The van der Waals surface area contributed by atoms with Crippen molar-refractivity contribution in [2.45, 2.75) is 33.4 Å². The molecule has 0 fully saturated rings. The van der Waals surface area contributed by atoms with E-state index in [1.54, 1.807) is 18.0 Å². The van der Waals surface area contributed by atoms with Gasteiger partial charge in [-0.3, -0.25) is 4.79 Å². The van der Waals surface area contributed by atoms with E-state index in [1.807, 2.05) is 33.8 Å². The van der Waals surface area contributed by atoms with Crippen molar-refractivity contribution in [1.29, 1.82) is 0 Å². The topological polar surface area (TPSA) is 30.2 Å². The van der Waals surface area contributed by atoms with Crippen molar-refractivity contribution in [3.8, 4) is 0 Å². The minimum atomic E-state index is -0.231. The van der Waals surface area contributed by atoms with Gasteiger partial charge in [0.25, 0.3) is 0 Å². The van der Waals surface area contributed by atoms with Gasteiger partial charge in [-0.2, -0.15) is 0 Å². The summed E-state index contributed by atoms with van der Waals surface area (Å²) in [7, 11) is 0. The quantitative estimate of drug-likeness (QED) is 0.788. The fraction of sp³-hybridized carbons (Fsp3) is 0.583. The third kappa shape index (κ3) is 3.74. The van der Waals surface area contributed by atoms with E-state index >= 15 is 0 Å². The highest BCUT2D eigenvalue weighted by Crippen LogP contribution is 2.21. The zero-order valence-corrected chi connectivity index (χ0v) is 10.6. The molecule has 84 valence electrons. The van der Waals surface area contributed by atoms with Gasteiger partial charge >= 0.3 is 0 Å². The lowest BCUT2D eigenvalue weighted by Gasteiger charge is -2.15. The number of Topliss-reactive ketones (excluding diaryl/α,β-unsaturated/α-hetero) is 1. The number of carbonyl (C=O) groups is 1. The first-order valence-corrected chi connectivity index (χ1v) is 6.21. The summed E-state index contributed by atoms with van der Waals surface area (Å²) in [5, 5.41) is 0. The van der Waals surface area contributed by atoms with Crippen LogP contribution in [0.25, 0.3) is 0 Å². The first-order valence-electron chi connectivity index (χ1n) is 5.05. The van der Waals surface area contributed by atoms with Crippen LogP contribution in [0.5, 0.6) is 0 Å². The van der Waals surface area contributed by atoms with E-state index in [0.717, 1.165) is 17.1 Å². The molecule has 0 saturated heterocycles. The summed E-state index contributed by atoms with van der Waals surface area (Å²) in [6, 6.07) is 1.95. The van der Waals surface area contributed by atoms with Crippen LogP contribution in [0.2, 0.25) is 0 Å². The number of hydrogen-bond donors (Lipinski definition) is 0. The van der Waals surface area contributed by atoms with Crippen LogP contribution in [0.4, 0.5) is 0 Å². The average Bonchev–Trinajstić information content (AvgIpc) is 2.50. The molecular formula is C12H18O2S. The Kier molecular flexibility index (Phi) is 4.03. The molecule has 0 radical (unpaired) electrons. The Morgan fingerprint density at radius 3 is 2.60 bits per heavy atom. The summed E-state index contributed by atoms with van der Waals surface area (Å²) in [6.07, 6.45) is 1.69. The Labute approximate surface area is 95.4 Å². The van der Waals surface area contributed by atoms with Gasteiger partial charge in [-0.25, -0.2) is 0 Å². The van der Waals surface area contributed by atoms with Gasteiger partial charge in [-0.1, -0.05) is 20.8 Å². The van der Waals surface area contributed by atoms with Crippen molar-refractivity contribution >= 4 is 17.5 Å². The first-order chi connectivity index (χ1) is 6.91. The number of aryl methyl sites for hydroxylation is 1. The molecule has 0 saturated carbocycles. The van der Waals surface area contributed by atoms with Gasteiger partial charge in [0.15, 0.2) is 0 Å². The highest BCUT2D eigenvalue weighted by atomic mass is 32.2. The van der Waals surface area contributed by atoms with Crippen molar-refractivity contribution < 1.29 is 9.21 Å². The summed E-state index contributed by atoms with van der Waals surface area (Å²) in [6.45, 7) is 7.88. The molecule has 1 rings (SSSR count). The molecule has 0 bridgehead atoms. The summed E-state index contributed by atoms with van der Waals surface area (Å²) in [5.41, 5.74) is 0.927. The monoisotopic (exact) mass is 226 g/mol. The molecule has 3 heteroatoms. The number of ketones is 1. The fourth-order valence-electron chi connectivity index (χ4n) is 1.00. The number of thioether (sulfide) groups is 1. The maximum absolute atomic E-state index is 11.6. The molecule has 0 N–H and O–H groups in total. The molecule has 0 unspecified atom stereocenters. The second-order valence-electron chi connectivity index (χ2n) is 4.69. The third-order valence-electron chi connectivity index (χ3n) is 2.27. The Bertz CT molecular complexity index is 334. The molecule has 1 aromatic rings. The van der Waals surface area contributed by atoms with Crippen molar-refractivity contribution in [3.63, 3.8) is 0 Å². The Morgan fingerprint density at radius 1 is 1.47 bits per heavy atom. The van der Waals surface area contributed by atoms with E-state index in [2.05, 4.69) is 0 Å². The Balaban J connectivity index is 2.35. The zero-order chi connectivity index (χ0) is 11.5. The smallest absolute Gasteiger partial charge is 0.148 e. The van der Waals surface area contributed by atoms with Gasteiger partial charge in [0.1, 0.15) is 11.5 Å². The van der Waals surface area contributed by atoms with Gasteiger partial charge in [0.2, 0.25) is 0 Å². The average molecular weight is 226 g/mol. The molecular weight excluding hydrogens is 208 g/mol. The lowest BCUT2D eigenvalue weighted by atomic mass is 9.92. The molecule has 0 aliphatic heterocycles. The third-order valence-corrected chi connectivity index (χ3v) is 3.20. The first kappa shape index (κ1) is 12.4. The van der Waals surface area contributed by atoms with Crippen LogP contribution in [0, 0.1) is 12.3 Å². The predicted molar refractivity (Wildman–Crippen MR) is 64.1 cm³/mol. The number of rotatable bonds is 4. The maximum atomic E-state index is 11.6. The van der Waals surface area contributed by atoms with E-state index in [4.69, 9.17) is 4.42 Å². The SMILES string of the molecule is Cc1ccoc1CSCC(=O)C(C)(C)C. The van der Waals surface area contributed by atoms with Gasteiger partial charge in [0.05, 0.1) is 17.8 Å². The summed E-state index contributed by atoms with van der Waals surface area (Å²) in [4.78, 5) is 11.6. The normalized spacial score (nSPS) is 11.7. The van der Waals surface area contributed by atoms with E-state index < -0.39 is 0 Å². The Morgan fingerprint density at radius 2 is 2.13 bits per heavy atom. The number of furan rings is 1. The van der Waals surface area contributed by atoms with Crippen molar-refractivity contribution in [2.75, 3.05) is 5.75 Å². The van der Waals surface area contributed by atoms with Crippen molar-refractivity contribution in [3.05, 3.63) is 23.7 Å². The van der Waals surface area contributed by atoms with Crippen molar-refractivity contribution in [2.24, 2.45) is 5.41 Å². The van der Waals surface area contributed by atoms with Crippen LogP contribution < -0.4 is 0 Å². The van der Waals surface area contributed by atoms with E-state index in [1.165, 1.54) is 0 Å². The van der Waals surface area contributed by atoms with Crippen LogP contribution in [0.3, 0.4) is 0 Å². The summed E-state index contributed by atoms with van der Waals surface area (Å²) in [5.74, 6) is 2.60. The van der Waals surface area contributed by atoms with E-state index in [0.29, 0.717) is 5.75 Å². The molecule has 0 amide bonds. The lowest BCUT2D eigenvalue weighted by molar-refractivity contribution is -0.123. The van der Waals surface area contributed by atoms with Gasteiger partial charge in [0, 0.05) is 5.41 Å². The molecule has 1 aromatic heterocycles. The van der Waals surface area contributed by atoms with E-state index in [-0.39, 0.29) is 11.2 Å². The molecule has 15 heavy (non-hydrogen) atoms. The lowest BCUT2D eigenvalue weighted by Crippen LogP contribution is -2.22. The van der Waals surface area contributed by atoms with Crippen molar-refractivity contribution in [1.82, 2.24) is 0 Å². The zero-order valence-electron chi connectivity index (χ0n) is 9.79. The van der Waals surface area contributed by atoms with Crippen LogP contribution >= 0.6 is 11.8 Å². The van der Waals surface area contributed by atoms with Gasteiger partial charge in [-0.05, 0) is 18.6 Å². The molecule has 0 aliphatic rings.